The molecule has 13 heteroatoms. The van der Waals surface area contributed by atoms with E-state index in [1.165, 1.54) is 12.1 Å². The third-order valence-electron chi connectivity index (χ3n) is 6.67. The Bertz CT molecular complexity index is 1510. The minimum Gasteiger partial charge on any atom is -0.387 e. The van der Waals surface area contributed by atoms with Gasteiger partial charge in [-0.3, -0.25) is 9.48 Å². The van der Waals surface area contributed by atoms with Crippen molar-refractivity contribution >= 4 is 11.7 Å². The highest BCUT2D eigenvalue weighted by atomic mass is 19.4. The first kappa shape index (κ1) is 26.5. The summed E-state index contributed by atoms with van der Waals surface area (Å²) in [7, 11) is 1.76. The highest BCUT2D eigenvalue weighted by Gasteiger charge is 2.66. The predicted octanol–water partition coefficient (Wildman–Crippen LogP) is 4.42. The van der Waals surface area contributed by atoms with Crippen LogP contribution < -0.4 is 5.32 Å². The molecule has 3 aromatic heterocycles. The average Bonchev–Trinajstić information content (AvgIpc) is 3.44. The molecule has 1 unspecified atom stereocenters. The third kappa shape index (κ3) is 5.39. The van der Waals surface area contributed by atoms with Gasteiger partial charge in [-0.25, -0.2) is 14.4 Å². The standard InChI is InChI=1S/C26H24F4N6O3/c1-14(37)24-17(13-36(2)34-24)8-21-31-11-18(12-32-21)15-3-4-16(19(27)7-15)9-23(38)33-22-10-20(39-35-22)25(5-6-25)26(28,29)30/h3-4,7,10-14,37H,5-6,8-9H2,1-2H3,(H,33,35,38). The number of rotatable bonds is 8. The molecule has 1 saturated carbocycles. The fraction of sp³-hybridized carbons (Fsp3) is 0.346. The van der Waals surface area contributed by atoms with Crippen LogP contribution in [0, 0.1) is 5.82 Å². The zero-order valence-corrected chi connectivity index (χ0v) is 21.0. The van der Waals surface area contributed by atoms with E-state index >= 15 is 0 Å². The number of halogens is 4. The maximum atomic E-state index is 14.8. The Morgan fingerprint density at radius 3 is 2.51 bits per heavy atom. The summed E-state index contributed by atoms with van der Waals surface area (Å²) in [5.41, 5.74) is 0.439. The van der Waals surface area contributed by atoms with Gasteiger partial charge in [-0.1, -0.05) is 17.3 Å². The van der Waals surface area contributed by atoms with Crippen molar-refractivity contribution in [3.05, 3.63) is 77.1 Å². The Kier molecular flexibility index (Phi) is 6.70. The van der Waals surface area contributed by atoms with Crippen LogP contribution in [0.3, 0.4) is 0 Å². The van der Waals surface area contributed by atoms with Crippen molar-refractivity contribution in [1.82, 2.24) is 24.9 Å². The van der Waals surface area contributed by atoms with Gasteiger partial charge in [-0.15, -0.1) is 0 Å². The second-order valence-electron chi connectivity index (χ2n) is 9.64. The number of aliphatic hydroxyl groups is 1. The van der Waals surface area contributed by atoms with Crippen molar-refractivity contribution in [3.63, 3.8) is 0 Å². The average molecular weight is 545 g/mol. The fourth-order valence-corrected chi connectivity index (χ4v) is 4.39. The van der Waals surface area contributed by atoms with Crippen molar-refractivity contribution in [1.29, 1.82) is 0 Å². The maximum Gasteiger partial charge on any atom is 0.401 e. The summed E-state index contributed by atoms with van der Waals surface area (Å²) < 4.78 is 61.0. The normalized spacial score (nSPS) is 15.3. The van der Waals surface area contributed by atoms with E-state index in [1.54, 1.807) is 43.3 Å². The number of aryl methyl sites for hydroxylation is 1. The van der Waals surface area contributed by atoms with Crippen molar-refractivity contribution in [2.75, 3.05) is 5.32 Å². The molecule has 3 heterocycles. The number of anilines is 1. The number of amides is 1. The van der Waals surface area contributed by atoms with Gasteiger partial charge in [0.2, 0.25) is 5.91 Å². The lowest BCUT2D eigenvalue weighted by molar-refractivity contribution is -0.165. The largest absolute Gasteiger partial charge is 0.401 e. The molecule has 1 aliphatic carbocycles. The van der Waals surface area contributed by atoms with Gasteiger partial charge in [0.05, 0.1) is 18.2 Å². The molecule has 0 aliphatic heterocycles. The summed E-state index contributed by atoms with van der Waals surface area (Å²) in [5, 5.41) is 20.0. The topological polar surface area (TPSA) is 119 Å². The quantitative estimate of drug-likeness (QED) is 0.315. The monoisotopic (exact) mass is 544 g/mol. The number of carbonyl (C=O) groups excluding carboxylic acids is 1. The minimum atomic E-state index is -4.47. The van der Waals surface area contributed by atoms with Gasteiger partial charge in [0, 0.05) is 49.3 Å². The molecule has 0 bridgehead atoms. The van der Waals surface area contributed by atoms with Crippen LogP contribution in [0.5, 0.6) is 0 Å². The molecule has 0 spiro atoms. The molecule has 1 amide bonds. The Labute approximate surface area is 219 Å². The van der Waals surface area contributed by atoms with Gasteiger partial charge in [-0.2, -0.15) is 18.3 Å². The van der Waals surface area contributed by atoms with Crippen LogP contribution in [0.2, 0.25) is 0 Å². The molecule has 1 aromatic carbocycles. The second-order valence-corrected chi connectivity index (χ2v) is 9.64. The molecule has 39 heavy (non-hydrogen) atoms. The number of nitrogens with one attached hydrogen (secondary N) is 1. The highest BCUT2D eigenvalue weighted by molar-refractivity contribution is 5.91. The second kappa shape index (κ2) is 9.88. The van der Waals surface area contributed by atoms with Crippen molar-refractivity contribution < 1.29 is 32.0 Å². The molecule has 5 rings (SSSR count). The fourth-order valence-electron chi connectivity index (χ4n) is 4.39. The van der Waals surface area contributed by atoms with E-state index in [1.807, 2.05) is 0 Å². The van der Waals surface area contributed by atoms with Gasteiger partial charge in [-0.05, 0) is 37.0 Å². The molecule has 0 saturated heterocycles. The van der Waals surface area contributed by atoms with E-state index in [9.17, 15) is 27.5 Å². The van der Waals surface area contributed by atoms with Crippen LogP contribution >= 0.6 is 0 Å². The maximum absolute atomic E-state index is 14.8. The lowest BCUT2D eigenvalue weighted by atomic mass is 10.0. The minimum absolute atomic E-state index is 0.0914. The summed E-state index contributed by atoms with van der Waals surface area (Å²) in [6.45, 7) is 1.63. The number of benzene rings is 1. The van der Waals surface area contributed by atoms with Crippen LogP contribution in [0.1, 0.15) is 54.3 Å². The van der Waals surface area contributed by atoms with E-state index in [0.29, 0.717) is 29.1 Å². The van der Waals surface area contributed by atoms with E-state index in [2.05, 4.69) is 25.5 Å². The lowest BCUT2D eigenvalue weighted by Gasteiger charge is -2.14. The van der Waals surface area contributed by atoms with Gasteiger partial charge in [0.1, 0.15) is 17.1 Å². The molecule has 1 atom stereocenters. The van der Waals surface area contributed by atoms with Crippen LogP contribution in [0.25, 0.3) is 11.1 Å². The number of hydrogen-bond donors (Lipinski definition) is 2. The molecular weight excluding hydrogens is 520 g/mol. The molecule has 4 aromatic rings. The van der Waals surface area contributed by atoms with Crippen LogP contribution in [0.15, 0.2) is 47.4 Å². The van der Waals surface area contributed by atoms with E-state index in [-0.39, 0.29) is 36.4 Å². The number of aliphatic hydroxyl groups excluding tert-OH is 1. The Morgan fingerprint density at radius 2 is 1.90 bits per heavy atom. The number of aromatic nitrogens is 5. The molecule has 9 nitrogen and oxygen atoms in total. The smallest absolute Gasteiger partial charge is 0.387 e. The van der Waals surface area contributed by atoms with Gasteiger partial charge < -0.3 is 14.9 Å². The zero-order chi connectivity index (χ0) is 27.9. The van der Waals surface area contributed by atoms with Gasteiger partial charge in [0.25, 0.3) is 0 Å². The molecule has 1 aliphatic rings. The number of hydrogen-bond acceptors (Lipinski definition) is 7. The van der Waals surface area contributed by atoms with Crippen LogP contribution in [-0.2, 0) is 30.1 Å². The summed E-state index contributed by atoms with van der Waals surface area (Å²) >= 11 is 0. The van der Waals surface area contributed by atoms with E-state index in [0.717, 1.165) is 11.6 Å². The van der Waals surface area contributed by atoms with Crippen LogP contribution in [0.4, 0.5) is 23.4 Å². The molecule has 1 fully saturated rings. The summed E-state index contributed by atoms with van der Waals surface area (Å²) in [5.74, 6) is -1.30. The summed E-state index contributed by atoms with van der Waals surface area (Å²) in [4.78, 5) is 21.1. The Balaban J connectivity index is 1.22. The number of nitrogens with zero attached hydrogens (tertiary/aromatic N) is 5. The van der Waals surface area contributed by atoms with Crippen molar-refractivity contribution in [3.8, 4) is 11.1 Å². The van der Waals surface area contributed by atoms with Crippen molar-refractivity contribution in [2.45, 2.75) is 50.3 Å². The van der Waals surface area contributed by atoms with E-state index < -0.39 is 29.4 Å². The molecule has 204 valence electrons. The number of carbonyl (C=O) groups is 1. The number of alkyl halides is 3. The predicted molar refractivity (Wildman–Crippen MR) is 130 cm³/mol. The third-order valence-corrected chi connectivity index (χ3v) is 6.67. The Hall–Kier alpha value is -4.13. The highest BCUT2D eigenvalue weighted by Crippen LogP contribution is 2.59. The molecular formula is C26H24F4N6O3. The first-order valence-corrected chi connectivity index (χ1v) is 12.1. The molecule has 0 radical (unpaired) electrons. The SMILES string of the molecule is CC(O)c1nn(C)cc1Cc1ncc(-c2ccc(CC(=O)Nc3cc(C4(C(F)(F)F)CC4)on3)c(F)c2)cn1. The zero-order valence-electron chi connectivity index (χ0n) is 21.0. The van der Waals surface area contributed by atoms with E-state index in [4.69, 9.17) is 4.52 Å². The van der Waals surface area contributed by atoms with Crippen LogP contribution in [-0.4, -0.2) is 42.1 Å². The van der Waals surface area contributed by atoms with Gasteiger partial charge >= 0.3 is 6.18 Å². The first-order chi connectivity index (χ1) is 18.4. The Morgan fingerprint density at radius 1 is 1.18 bits per heavy atom. The first-order valence-electron chi connectivity index (χ1n) is 12.1. The summed E-state index contributed by atoms with van der Waals surface area (Å²) in [6, 6.07) is 5.37. The lowest BCUT2D eigenvalue weighted by Crippen LogP contribution is -2.28. The van der Waals surface area contributed by atoms with Gasteiger partial charge in [0.15, 0.2) is 11.6 Å². The molecule has 2 N–H and O–H groups in total. The summed E-state index contributed by atoms with van der Waals surface area (Å²) in [6.07, 6.45) is -0.497. The van der Waals surface area contributed by atoms with Crippen molar-refractivity contribution in [2.24, 2.45) is 7.05 Å².